The molecule has 2 heterocycles. The van der Waals surface area contributed by atoms with Crippen LogP contribution < -0.4 is 9.47 Å². The van der Waals surface area contributed by atoms with Crippen molar-refractivity contribution in [2.24, 2.45) is 5.41 Å². The molecule has 0 amide bonds. The van der Waals surface area contributed by atoms with Gasteiger partial charge in [0, 0.05) is 25.6 Å². The molecule has 0 radical (unpaired) electrons. The van der Waals surface area contributed by atoms with Gasteiger partial charge in [0.25, 0.3) is 0 Å². The van der Waals surface area contributed by atoms with Crippen LogP contribution in [0, 0.1) is 5.41 Å². The van der Waals surface area contributed by atoms with Gasteiger partial charge in [-0.2, -0.15) is 0 Å². The van der Waals surface area contributed by atoms with Gasteiger partial charge in [0.05, 0.1) is 20.8 Å². The number of ether oxygens (including phenoxy) is 3. The van der Waals surface area contributed by atoms with E-state index in [1.807, 2.05) is 13.0 Å². The summed E-state index contributed by atoms with van der Waals surface area (Å²) in [6, 6.07) is 4.23. The Bertz CT molecular complexity index is 846. The summed E-state index contributed by atoms with van der Waals surface area (Å²) in [4.78, 5) is 27.5. The number of fused-ring (bicyclic) bond motifs is 4. The van der Waals surface area contributed by atoms with Crippen LogP contribution in [0.1, 0.15) is 43.4 Å². The first-order valence-electron chi connectivity index (χ1n) is 9.92. The fraction of sp³-hybridized carbons (Fsp3) is 0.545. The van der Waals surface area contributed by atoms with Crippen LogP contribution in [0.15, 0.2) is 23.8 Å². The van der Waals surface area contributed by atoms with Gasteiger partial charge in [-0.05, 0) is 61.1 Å². The Balaban J connectivity index is 1.75. The summed E-state index contributed by atoms with van der Waals surface area (Å²) >= 11 is 0. The standard InChI is InChI=1S/C22H27NO5/c1-4-28-21(25)22-7-5-16(24)10-15(22)11-18-17-12-20(27-3)19(26-2)9-14(17)6-8-23(18)13-22/h9-10,12,18H,4-8,11,13H2,1-3H3. The molecule has 1 aliphatic carbocycles. The third kappa shape index (κ3) is 2.91. The molecule has 1 aromatic carbocycles. The first-order valence-corrected chi connectivity index (χ1v) is 9.92. The maximum Gasteiger partial charge on any atom is 0.317 e. The first kappa shape index (κ1) is 19.0. The fourth-order valence-corrected chi connectivity index (χ4v) is 4.97. The number of carbonyl (C=O) groups excluding carboxylic acids is 2. The second-order valence-electron chi connectivity index (χ2n) is 7.78. The molecule has 28 heavy (non-hydrogen) atoms. The number of rotatable bonds is 4. The van der Waals surface area contributed by atoms with Crippen LogP contribution >= 0.6 is 0 Å². The van der Waals surface area contributed by atoms with Crippen LogP contribution in [0.4, 0.5) is 0 Å². The van der Waals surface area contributed by atoms with Crippen molar-refractivity contribution in [1.29, 1.82) is 0 Å². The quantitative estimate of drug-likeness (QED) is 0.743. The Morgan fingerprint density at radius 1 is 1.21 bits per heavy atom. The second kappa shape index (κ2) is 7.24. The van der Waals surface area contributed by atoms with Crippen molar-refractivity contribution < 1.29 is 23.8 Å². The maximum absolute atomic E-state index is 12.9. The van der Waals surface area contributed by atoms with E-state index in [9.17, 15) is 9.59 Å². The van der Waals surface area contributed by atoms with Gasteiger partial charge in [0.15, 0.2) is 17.3 Å². The lowest BCUT2D eigenvalue weighted by Gasteiger charge is -2.50. The molecule has 2 aliphatic heterocycles. The van der Waals surface area contributed by atoms with Crippen LogP contribution in [0.3, 0.4) is 0 Å². The lowest BCUT2D eigenvalue weighted by atomic mass is 9.65. The van der Waals surface area contributed by atoms with Gasteiger partial charge in [-0.25, -0.2) is 0 Å². The fourth-order valence-electron chi connectivity index (χ4n) is 4.97. The van der Waals surface area contributed by atoms with Gasteiger partial charge in [-0.3, -0.25) is 14.5 Å². The lowest BCUT2D eigenvalue weighted by molar-refractivity contribution is -0.157. The van der Waals surface area contributed by atoms with Crippen molar-refractivity contribution in [1.82, 2.24) is 4.90 Å². The van der Waals surface area contributed by atoms with Crippen molar-refractivity contribution in [3.63, 3.8) is 0 Å². The summed E-state index contributed by atoms with van der Waals surface area (Å²) in [5, 5.41) is 0. The zero-order valence-corrected chi connectivity index (χ0v) is 16.7. The highest BCUT2D eigenvalue weighted by atomic mass is 16.5. The number of carbonyl (C=O) groups is 2. The molecule has 0 aromatic heterocycles. The number of methoxy groups -OCH3 is 2. The van der Waals surface area contributed by atoms with E-state index < -0.39 is 5.41 Å². The van der Waals surface area contributed by atoms with Gasteiger partial charge in [-0.15, -0.1) is 0 Å². The molecule has 150 valence electrons. The Kier molecular flexibility index (Phi) is 4.91. The summed E-state index contributed by atoms with van der Waals surface area (Å²) in [5.41, 5.74) is 2.67. The summed E-state index contributed by atoms with van der Waals surface area (Å²) in [5.74, 6) is 1.36. The molecule has 1 aromatic rings. The lowest BCUT2D eigenvalue weighted by Crippen LogP contribution is -2.54. The molecule has 1 fully saturated rings. The highest BCUT2D eigenvalue weighted by Gasteiger charge is 2.52. The number of esters is 1. The van der Waals surface area contributed by atoms with Crippen molar-refractivity contribution in [3.8, 4) is 11.5 Å². The Labute approximate surface area is 165 Å². The Morgan fingerprint density at radius 3 is 2.68 bits per heavy atom. The molecule has 2 unspecified atom stereocenters. The van der Waals surface area contributed by atoms with Crippen LogP contribution in [0.5, 0.6) is 11.5 Å². The number of hydrogen-bond acceptors (Lipinski definition) is 6. The predicted molar refractivity (Wildman–Crippen MR) is 104 cm³/mol. The summed E-state index contributed by atoms with van der Waals surface area (Å²) < 4.78 is 16.4. The van der Waals surface area contributed by atoms with E-state index in [1.54, 1.807) is 20.3 Å². The maximum atomic E-state index is 12.9. The van der Waals surface area contributed by atoms with E-state index in [1.165, 1.54) is 11.1 Å². The third-order valence-electron chi connectivity index (χ3n) is 6.41. The molecule has 6 nitrogen and oxygen atoms in total. The van der Waals surface area contributed by atoms with Gasteiger partial charge >= 0.3 is 5.97 Å². The second-order valence-corrected chi connectivity index (χ2v) is 7.78. The predicted octanol–water partition coefficient (Wildman–Crippen LogP) is 2.85. The van der Waals surface area contributed by atoms with E-state index in [-0.39, 0.29) is 17.8 Å². The highest BCUT2D eigenvalue weighted by molar-refractivity contribution is 5.95. The number of allylic oxidation sites excluding steroid dienone is 1. The molecule has 0 spiro atoms. The van der Waals surface area contributed by atoms with E-state index in [4.69, 9.17) is 14.2 Å². The number of piperidine rings is 1. The number of ketones is 1. The average molecular weight is 385 g/mol. The minimum absolute atomic E-state index is 0.103. The van der Waals surface area contributed by atoms with Gasteiger partial charge in [0.2, 0.25) is 0 Å². The van der Waals surface area contributed by atoms with E-state index >= 15 is 0 Å². The molecular formula is C22H27NO5. The van der Waals surface area contributed by atoms with Crippen molar-refractivity contribution in [2.45, 2.75) is 38.6 Å². The molecule has 0 bridgehead atoms. The molecule has 3 aliphatic rings. The van der Waals surface area contributed by atoms with Crippen LogP contribution in [-0.2, 0) is 20.7 Å². The van der Waals surface area contributed by atoms with Crippen LogP contribution in [0.25, 0.3) is 0 Å². The van der Waals surface area contributed by atoms with Crippen molar-refractivity contribution >= 4 is 11.8 Å². The molecule has 4 rings (SSSR count). The number of benzene rings is 1. The average Bonchev–Trinajstić information content (AvgIpc) is 2.71. The molecule has 2 atom stereocenters. The Hall–Kier alpha value is -2.34. The summed E-state index contributed by atoms with van der Waals surface area (Å²) in [6.07, 6.45) is 4.20. The third-order valence-corrected chi connectivity index (χ3v) is 6.41. The molecule has 1 saturated heterocycles. The van der Waals surface area contributed by atoms with Gasteiger partial charge in [-0.1, -0.05) is 0 Å². The van der Waals surface area contributed by atoms with Gasteiger partial charge < -0.3 is 14.2 Å². The SMILES string of the molecule is CCOC(=O)C12CCC(=O)C=C1CC1c3cc(OC)c(OC)cc3CCN1C2. The Morgan fingerprint density at radius 2 is 1.96 bits per heavy atom. The summed E-state index contributed by atoms with van der Waals surface area (Å²) in [7, 11) is 3.28. The molecule has 0 N–H and O–H groups in total. The van der Waals surface area contributed by atoms with Crippen molar-refractivity contribution in [2.75, 3.05) is 33.9 Å². The largest absolute Gasteiger partial charge is 0.493 e. The zero-order chi connectivity index (χ0) is 19.9. The van der Waals surface area contributed by atoms with E-state index in [2.05, 4.69) is 11.0 Å². The van der Waals surface area contributed by atoms with Gasteiger partial charge in [0.1, 0.15) is 5.41 Å². The van der Waals surface area contributed by atoms with Crippen LogP contribution in [0.2, 0.25) is 0 Å². The van der Waals surface area contributed by atoms with E-state index in [0.29, 0.717) is 38.2 Å². The van der Waals surface area contributed by atoms with E-state index in [0.717, 1.165) is 24.3 Å². The normalized spacial score (nSPS) is 26.5. The number of hydrogen-bond donors (Lipinski definition) is 0. The molecular weight excluding hydrogens is 358 g/mol. The minimum atomic E-state index is -0.686. The number of nitrogens with zero attached hydrogens (tertiary/aromatic N) is 1. The monoisotopic (exact) mass is 385 g/mol. The zero-order valence-electron chi connectivity index (χ0n) is 16.7. The highest BCUT2D eigenvalue weighted by Crippen LogP contribution is 2.51. The first-order chi connectivity index (χ1) is 13.5. The van der Waals surface area contributed by atoms with Crippen molar-refractivity contribution in [3.05, 3.63) is 34.9 Å². The minimum Gasteiger partial charge on any atom is -0.493 e. The smallest absolute Gasteiger partial charge is 0.317 e. The molecule has 0 saturated carbocycles. The topological polar surface area (TPSA) is 65.1 Å². The molecule has 6 heteroatoms. The van der Waals surface area contributed by atoms with Crippen LogP contribution in [-0.4, -0.2) is 50.6 Å². The summed E-state index contributed by atoms with van der Waals surface area (Å²) in [6.45, 7) is 3.65.